The van der Waals surface area contributed by atoms with Gasteiger partial charge in [-0.25, -0.2) is 0 Å². The number of rotatable bonds is 6. The van der Waals surface area contributed by atoms with Gasteiger partial charge in [0.05, 0.1) is 5.56 Å². The lowest BCUT2D eigenvalue weighted by Gasteiger charge is -2.33. The highest BCUT2D eigenvalue weighted by Crippen LogP contribution is 2.44. The number of amides is 2. The molecule has 1 aromatic heterocycles. The second-order valence-corrected chi connectivity index (χ2v) is 11.7. The quantitative estimate of drug-likeness (QED) is 0.370. The van der Waals surface area contributed by atoms with Crippen LogP contribution in [0.4, 0.5) is 10.7 Å². The van der Waals surface area contributed by atoms with Crippen molar-refractivity contribution in [1.29, 1.82) is 0 Å². The molecule has 0 bridgehead atoms. The van der Waals surface area contributed by atoms with Crippen LogP contribution in [0.3, 0.4) is 0 Å². The van der Waals surface area contributed by atoms with Crippen molar-refractivity contribution >= 4 is 45.4 Å². The summed E-state index contributed by atoms with van der Waals surface area (Å²) >= 11 is 7.42. The fourth-order valence-corrected chi connectivity index (χ4v) is 5.79. The summed E-state index contributed by atoms with van der Waals surface area (Å²) in [6, 6.07) is 14.5. The van der Waals surface area contributed by atoms with E-state index >= 15 is 0 Å². The maximum Gasteiger partial charge on any atom is 0.262 e. The number of nitrogens with one attached hydrogen (secondary N) is 2. The van der Waals surface area contributed by atoms with E-state index in [1.165, 1.54) is 16.2 Å². The van der Waals surface area contributed by atoms with Gasteiger partial charge in [0.1, 0.15) is 10.8 Å². The van der Waals surface area contributed by atoms with Crippen LogP contribution < -0.4 is 15.4 Å². The molecule has 2 amide bonds. The van der Waals surface area contributed by atoms with Gasteiger partial charge in [-0.3, -0.25) is 9.59 Å². The average Bonchev–Trinajstić information content (AvgIpc) is 3.16. The Hall–Kier alpha value is -2.83. The molecule has 0 fully saturated rings. The van der Waals surface area contributed by atoms with Gasteiger partial charge in [0.15, 0.2) is 6.61 Å². The molecule has 0 aliphatic heterocycles. The van der Waals surface area contributed by atoms with Crippen LogP contribution in [0.5, 0.6) is 5.75 Å². The zero-order valence-electron chi connectivity index (χ0n) is 20.5. The zero-order chi connectivity index (χ0) is 25.2. The van der Waals surface area contributed by atoms with E-state index < -0.39 is 0 Å². The largest absolute Gasteiger partial charge is 0.484 e. The zero-order valence-corrected chi connectivity index (χ0v) is 22.1. The molecule has 0 radical (unpaired) electrons. The molecule has 184 valence electrons. The number of anilines is 2. The lowest BCUT2D eigenvalue weighted by atomic mass is 9.72. The van der Waals surface area contributed by atoms with E-state index in [0.717, 1.165) is 36.1 Å². The number of fused-ring (bicyclic) bond motifs is 1. The standard InChI is InChI=1S/C28H31ClN2O3S/c1-17-5-10-20(11-6-17)30-26(33)25-22-14-7-18(28(2,3)4)15-23(22)35-27(25)31-24(32)16-34-21-12-8-19(29)9-13-21/h5-6,8-13,18H,7,14-16H2,1-4H3,(H,30,33)(H,31,32)/t18-/m0/s1. The molecule has 5 nitrogen and oxygen atoms in total. The maximum atomic E-state index is 13.4. The van der Waals surface area contributed by atoms with E-state index in [4.69, 9.17) is 16.3 Å². The van der Waals surface area contributed by atoms with Crippen LogP contribution in [0.2, 0.25) is 5.02 Å². The number of carbonyl (C=O) groups excluding carboxylic acids is 2. The molecule has 1 aliphatic rings. The summed E-state index contributed by atoms with van der Waals surface area (Å²) in [5.41, 5.74) is 3.65. The van der Waals surface area contributed by atoms with E-state index in [0.29, 0.717) is 27.3 Å². The molecule has 2 aromatic carbocycles. The van der Waals surface area contributed by atoms with E-state index in [9.17, 15) is 9.59 Å². The van der Waals surface area contributed by atoms with Crippen LogP contribution in [-0.4, -0.2) is 18.4 Å². The first-order valence-corrected chi connectivity index (χ1v) is 13.0. The van der Waals surface area contributed by atoms with Gasteiger partial charge in [-0.2, -0.15) is 0 Å². The Morgan fingerprint density at radius 1 is 1.06 bits per heavy atom. The monoisotopic (exact) mass is 510 g/mol. The van der Waals surface area contributed by atoms with Gasteiger partial charge >= 0.3 is 0 Å². The molecule has 2 N–H and O–H groups in total. The number of aryl methyl sites for hydroxylation is 1. The van der Waals surface area contributed by atoms with Gasteiger partial charge in [-0.05, 0) is 79.5 Å². The van der Waals surface area contributed by atoms with Gasteiger partial charge < -0.3 is 15.4 Å². The van der Waals surface area contributed by atoms with Crippen LogP contribution in [0.1, 0.15) is 53.6 Å². The summed E-state index contributed by atoms with van der Waals surface area (Å²) in [7, 11) is 0. The molecule has 0 spiro atoms. The third kappa shape index (κ3) is 6.24. The summed E-state index contributed by atoms with van der Waals surface area (Å²) in [4.78, 5) is 27.4. The van der Waals surface area contributed by atoms with Gasteiger partial charge in [-0.1, -0.05) is 50.1 Å². The SMILES string of the molecule is Cc1ccc(NC(=O)c2c(NC(=O)COc3ccc(Cl)cc3)sc3c2CC[C@H](C(C)(C)C)C3)cc1. The second kappa shape index (κ2) is 10.4. The molecule has 7 heteroatoms. The van der Waals surface area contributed by atoms with Crippen molar-refractivity contribution in [2.75, 3.05) is 17.2 Å². The number of ether oxygens (including phenoxy) is 1. The topological polar surface area (TPSA) is 67.4 Å². The van der Waals surface area contributed by atoms with E-state index in [-0.39, 0.29) is 23.8 Å². The lowest BCUT2D eigenvalue weighted by molar-refractivity contribution is -0.118. The van der Waals surface area contributed by atoms with Crippen LogP contribution in [0.25, 0.3) is 0 Å². The van der Waals surface area contributed by atoms with Crippen LogP contribution in [0.15, 0.2) is 48.5 Å². The Kier molecular flexibility index (Phi) is 7.53. The number of halogens is 1. The molecule has 0 saturated carbocycles. The smallest absolute Gasteiger partial charge is 0.262 e. The number of hydrogen-bond donors (Lipinski definition) is 2. The molecule has 35 heavy (non-hydrogen) atoms. The number of carbonyl (C=O) groups is 2. The molecule has 3 aromatic rings. The molecular weight excluding hydrogens is 480 g/mol. The first-order chi connectivity index (χ1) is 16.6. The Bertz CT molecular complexity index is 1210. The molecule has 4 rings (SSSR count). The highest BCUT2D eigenvalue weighted by molar-refractivity contribution is 7.17. The Balaban J connectivity index is 1.56. The van der Waals surface area contributed by atoms with Crippen LogP contribution in [0, 0.1) is 18.3 Å². The van der Waals surface area contributed by atoms with E-state index in [1.807, 2.05) is 31.2 Å². The van der Waals surface area contributed by atoms with Gasteiger partial charge in [-0.15, -0.1) is 11.3 Å². The number of hydrogen-bond acceptors (Lipinski definition) is 4. The fourth-order valence-electron chi connectivity index (χ4n) is 4.33. The molecule has 1 atom stereocenters. The first kappa shape index (κ1) is 25.3. The van der Waals surface area contributed by atoms with E-state index in [1.54, 1.807) is 24.3 Å². The molecule has 1 aliphatic carbocycles. The molecule has 1 heterocycles. The summed E-state index contributed by atoms with van der Waals surface area (Å²) in [5, 5.41) is 7.14. The van der Waals surface area contributed by atoms with Crippen LogP contribution in [-0.2, 0) is 17.6 Å². The summed E-state index contributed by atoms with van der Waals surface area (Å²) in [5.74, 6) is 0.573. The fraction of sp³-hybridized carbons (Fsp3) is 0.357. The number of thiophene rings is 1. The molecule has 0 saturated heterocycles. The third-order valence-corrected chi connectivity index (χ3v) is 7.88. The minimum Gasteiger partial charge on any atom is -0.484 e. The van der Waals surface area contributed by atoms with Crippen molar-refractivity contribution in [2.24, 2.45) is 11.3 Å². The lowest BCUT2D eigenvalue weighted by Crippen LogP contribution is -2.27. The summed E-state index contributed by atoms with van der Waals surface area (Å²) in [6.07, 6.45) is 2.75. The van der Waals surface area contributed by atoms with Crippen molar-refractivity contribution < 1.29 is 14.3 Å². The van der Waals surface area contributed by atoms with Crippen molar-refractivity contribution in [2.45, 2.75) is 47.0 Å². The second-order valence-electron chi connectivity index (χ2n) is 10.1. The molecule has 0 unspecified atom stereocenters. The van der Waals surface area contributed by atoms with Gasteiger partial charge in [0.25, 0.3) is 11.8 Å². The van der Waals surface area contributed by atoms with Crippen molar-refractivity contribution in [1.82, 2.24) is 0 Å². The molecular formula is C28H31ClN2O3S. The van der Waals surface area contributed by atoms with E-state index in [2.05, 4.69) is 31.4 Å². The Morgan fingerprint density at radius 3 is 2.40 bits per heavy atom. The summed E-state index contributed by atoms with van der Waals surface area (Å²) in [6.45, 7) is 8.63. The minimum absolute atomic E-state index is 0.159. The van der Waals surface area contributed by atoms with Gasteiger partial charge in [0, 0.05) is 15.6 Å². The van der Waals surface area contributed by atoms with Crippen molar-refractivity contribution in [3.05, 3.63) is 75.1 Å². The minimum atomic E-state index is -0.310. The predicted octanol–water partition coefficient (Wildman–Crippen LogP) is 7.13. The maximum absolute atomic E-state index is 13.4. The normalized spacial score (nSPS) is 15.3. The summed E-state index contributed by atoms with van der Waals surface area (Å²) < 4.78 is 5.60. The average molecular weight is 511 g/mol. The Morgan fingerprint density at radius 2 is 1.74 bits per heavy atom. The van der Waals surface area contributed by atoms with Crippen LogP contribution >= 0.6 is 22.9 Å². The van der Waals surface area contributed by atoms with Crippen molar-refractivity contribution in [3.63, 3.8) is 0 Å². The van der Waals surface area contributed by atoms with Crippen molar-refractivity contribution in [3.8, 4) is 5.75 Å². The van der Waals surface area contributed by atoms with Gasteiger partial charge in [0.2, 0.25) is 0 Å². The highest BCUT2D eigenvalue weighted by Gasteiger charge is 2.34. The third-order valence-electron chi connectivity index (χ3n) is 6.46. The Labute approximate surface area is 215 Å². The number of benzene rings is 2. The first-order valence-electron chi connectivity index (χ1n) is 11.8. The highest BCUT2D eigenvalue weighted by atomic mass is 35.5. The predicted molar refractivity (Wildman–Crippen MR) is 144 cm³/mol.